The Morgan fingerprint density at radius 1 is 0.903 bits per heavy atom. The first-order valence-electron chi connectivity index (χ1n) is 10.3. The third-order valence-electron chi connectivity index (χ3n) is 6.03. The number of hydrogen-bond acceptors (Lipinski definition) is 4. The molecule has 0 saturated carbocycles. The third kappa shape index (κ3) is 3.43. The zero-order chi connectivity index (χ0) is 20.8. The normalized spacial score (nSPS) is 12.5. The van der Waals surface area contributed by atoms with Gasteiger partial charge in [0, 0.05) is 22.4 Å². The van der Waals surface area contributed by atoms with Crippen LogP contribution in [0.25, 0.3) is 28.0 Å². The average molecular weight is 436 g/mol. The molecule has 0 bridgehead atoms. The minimum absolute atomic E-state index is 0. The molecule has 4 aromatic rings. The van der Waals surface area contributed by atoms with Gasteiger partial charge in [0.15, 0.2) is 5.65 Å². The molecule has 0 N–H and O–H groups in total. The predicted molar refractivity (Wildman–Crippen MR) is 126 cm³/mol. The van der Waals surface area contributed by atoms with E-state index in [0.717, 1.165) is 70.1 Å². The molecular weight excluding hydrogens is 410 g/mol. The molecule has 0 atom stereocenters. The van der Waals surface area contributed by atoms with Crippen molar-refractivity contribution in [3.8, 4) is 33.9 Å². The van der Waals surface area contributed by atoms with E-state index in [9.17, 15) is 0 Å². The number of fused-ring (bicyclic) bond motifs is 2. The Kier molecular flexibility index (Phi) is 5.63. The molecule has 160 valence electrons. The smallest absolute Gasteiger partial charge is 0.164 e. The van der Waals surface area contributed by atoms with Crippen molar-refractivity contribution in [1.82, 2.24) is 14.6 Å². The monoisotopic (exact) mass is 435 g/mol. The molecule has 0 fully saturated rings. The molecule has 5 nitrogen and oxygen atoms in total. The molecule has 2 heterocycles. The number of ether oxygens (including phenoxy) is 2. The minimum atomic E-state index is 0. The largest absolute Gasteiger partial charge is 0.497 e. The van der Waals surface area contributed by atoms with Crippen LogP contribution in [-0.2, 0) is 12.8 Å². The summed E-state index contributed by atoms with van der Waals surface area (Å²) >= 11 is 0. The van der Waals surface area contributed by atoms with Crippen LogP contribution >= 0.6 is 12.4 Å². The lowest BCUT2D eigenvalue weighted by Gasteiger charge is -2.13. The van der Waals surface area contributed by atoms with Crippen LogP contribution in [0.15, 0.2) is 42.5 Å². The summed E-state index contributed by atoms with van der Waals surface area (Å²) in [5.41, 5.74) is 10.1. The van der Waals surface area contributed by atoms with Gasteiger partial charge in [-0.2, -0.15) is 5.10 Å². The maximum atomic E-state index is 5.39. The van der Waals surface area contributed by atoms with Gasteiger partial charge in [-0.25, -0.2) is 9.50 Å². The molecule has 31 heavy (non-hydrogen) atoms. The zero-order valence-corrected chi connectivity index (χ0v) is 19.0. The zero-order valence-electron chi connectivity index (χ0n) is 18.2. The molecule has 1 aliphatic carbocycles. The molecule has 0 radical (unpaired) electrons. The number of rotatable bonds is 4. The molecule has 0 saturated heterocycles. The molecule has 2 aromatic heterocycles. The van der Waals surface area contributed by atoms with E-state index in [2.05, 4.69) is 38.1 Å². The lowest BCUT2D eigenvalue weighted by Crippen LogP contribution is -2.03. The van der Waals surface area contributed by atoms with E-state index in [-0.39, 0.29) is 12.4 Å². The van der Waals surface area contributed by atoms with Crippen LogP contribution in [0.2, 0.25) is 0 Å². The molecule has 1 aliphatic rings. The van der Waals surface area contributed by atoms with Crippen molar-refractivity contribution in [3.05, 3.63) is 65.0 Å². The Labute approximate surface area is 188 Å². The van der Waals surface area contributed by atoms with Crippen molar-refractivity contribution in [3.63, 3.8) is 0 Å². The maximum Gasteiger partial charge on any atom is 0.164 e. The van der Waals surface area contributed by atoms with E-state index < -0.39 is 0 Å². The summed E-state index contributed by atoms with van der Waals surface area (Å²) in [5, 5.41) is 4.96. The first-order chi connectivity index (χ1) is 14.6. The van der Waals surface area contributed by atoms with Crippen molar-refractivity contribution in [2.45, 2.75) is 33.1 Å². The standard InChI is InChI=1S/C25H25N3O2.ClH/c1-15-14-19(30-4)12-13-20(15)23-16(2)27-28-24(17-8-10-18(29-3)11-9-17)21-6-5-7-22(21)26-25(23)28;/h8-14H,5-7H2,1-4H3;1H. The minimum Gasteiger partial charge on any atom is -0.497 e. The van der Waals surface area contributed by atoms with Gasteiger partial charge in [-0.15, -0.1) is 12.4 Å². The Morgan fingerprint density at radius 3 is 2.29 bits per heavy atom. The number of aryl methyl sites for hydroxylation is 3. The summed E-state index contributed by atoms with van der Waals surface area (Å²) in [6.45, 7) is 4.18. The van der Waals surface area contributed by atoms with Gasteiger partial charge in [-0.1, -0.05) is 6.07 Å². The first-order valence-corrected chi connectivity index (χ1v) is 10.3. The summed E-state index contributed by atoms with van der Waals surface area (Å²) in [5.74, 6) is 1.71. The van der Waals surface area contributed by atoms with Gasteiger partial charge in [0.1, 0.15) is 11.5 Å². The molecule has 0 aliphatic heterocycles. The number of hydrogen-bond donors (Lipinski definition) is 0. The van der Waals surface area contributed by atoms with Gasteiger partial charge >= 0.3 is 0 Å². The lowest BCUT2D eigenvalue weighted by molar-refractivity contribution is 0.414. The highest BCUT2D eigenvalue weighted by atomic mass is 35.5. The summed E-state index contributed by atoms with van der Waals surface area (Å²) in [7, 11) is 3.39. The number of benzene rings is 2. The summed E-state index contributed by atoms with van der Waals surface area (Å²) in [6.07, 6.45) is 3.18. The number of nitrogens with zero attached hydrogens (tertiary/aromatic N) is 3. The Balaban J connectivity index is 0.00000231. The van der Waals surface area contributed by atoms with Crippen molar-refractivity contribution in [2.75, 3.05) is 14.2 Å². The van der Waals surface area contributed by atoms with Gasteiger partial charge in [-0.05, 0) is 80.6 Å². The second-order valence-corrected chi connectivity index (χ2v) is 7.84. The average Bonchev–Trinajstić information content (AvgIpc) is 3.35. The van der Waals surface area contributed by atoms with Crippen molar-refractivity contribution >= 4 is 18.1 Å². The molecule has 2 aromatic carbocycles. The number of aromatic nitrogens is 3. The third-order valence-corrected chi connectivity index (χ3v) is 6.03. The van der Waals surface area contributed by atoms with Crippen LogP contribution in [0.4, 0.5) is 0 Å². The molecule has 6 heteroatoms. The Bertz CT molecular complexity index is 1260. The van der Waals surface area contributed by atoms with E-state index in [1.807, 2.05) is 22.7 Å². The highest BCUT2D eigenvalue weighted by molar-refractivity contribution is 5.85. The predicted octanol–water partition coefficient (Wildman–Crippen LogP) is 5.61. The highest BCUT2D eigenvalue weighted by Crippen LogP contribution is 2.38. The van der Waals surface area contributed by atoms with E-state index in [4.69, 9.17) is 19.6 Å². The van der Waals surface area contributed by atoms with Gasteiger partial charge in [0.2, 0.25) is 0 Å². The molecular formula is C25H26ClN3O2. The van der Waals surface area contributed by atoms with Crippen molar-refractivity contribution < 1.29 is 9.47 Å². The van der Waals surface area contributed by atoms with E-state index >= 15 is 0 Å². The summed E-state index contributed by atoms with van der Waals surface area (Å²) in [4.78, 5) is 5.10. The highest BCUT2D eigenvalue weighted by Gasteiger charge is 2.25. The van der Waals surface area contributed by atoms with Crippen LogP contribution in [-0.4, -0.2) is 28.8 Å². The number of methoxy groups -OCH3 is 2. The topological polar surface area (TPSA) is 48.7 Å². The fourth-order valence-electron chi connectivity index (χ4n) is 4.54. The Hall–Kier alpha value is -3.05. The van der Waals surface area contributed by atoms with Gasteiger partial charge in [0.25, 0.3) is 0 Å². The second-order valence-electron chi connectivity index (χ2n) is 7.84. The first kappa shape index (κ1) is 21.2. The van der Waals surface area contributed by atoms with Crippen LogP contribution in [0, 0.1) is 13.8 Å². The molecule has 5 rings (SSSR count). The lowest BCUT2D eigenvalue weighted by atomic mass is 10.00. The van der Waals surface area contributed by atoms with Gasteiger partial charge < -0.3 is 9.47 Å². The van der Waals surface area contributed by atoms with Crippen LogP contribution in [0.1, 0.15) is 28.9 Å². The van der Waals surface area contributed by atoms with Crippen LogP contribution in [0.3, 0.4) is 0 Å². The SMILES string of the molecule is COc1ccc(-c2c3c(nc4c(-c5ccc(OC)cc5C)c(C)nn24)CCC3)cc1.Cl. The van der Waals surface area contributed by atoms with Crippen molar-refractivity contribution in [1.29, 1.82) is 0 Å². The summed E-state index contributed by atoms with van der Waals surface area (Å²) in [6, 6.07) is 14.4. The summed E-state index contributed by atoms with van der Waals surface area (Å²) < 4.78 is 12.8. The van der Waals surface area contributed by atoms with E-state index in [1.54, 1.807) is 14.2 Å². The molecule has 0 amide bonds. The number of halogens is 1. The van der Waals surface area contributed by atoms with E-state index in [0.29, 0.717) is 0 Å². The Morgan fingerprint density at radius 2 is 1.61 bits per heavy atom. The van der Waals surface area contributed by atoms with Crippen LogP contribution in [0.5, 0.6) is 11.5 Å². The molecule has 0 spiro atoms. The maximum absolute atomic E-state index is 5.39. The second kappa shape index (κ2) is 8.23. The van der Waals surface area contributed by atoms with Crippen LogP contribution < -0.4 is 9.47 Å². The van der Waals surface area contributed by atoms with Gasteiger partial charge in [-0.3, -0.25) is 0 Å². The molecule has 0 unspecified atom stereocenters. The fraction of sp³-hybridized carbons (Fsp3) is 0.280. The van der Waals surface area contributed by atoms with Crippen molar-refractivity contribution in [2.24, 2.45) is 0 Å². The van der Waals surface area contributed by atoms with Gasteiger partial charge in [0.05, 0.1) is 25.6 Å². The quantitative estimate of drug-likeness (QED) is 0.418. The van der Waals surface area contributed by atoms with E-state index in [1.165, 1.54) is 11.3 Å². The fourth-order valence-corrected chi connectivity index (χ4v) is 4.54.